The van der Waals surface area contributed by atoms with Gasteiger partial charge in [0, 0.05) is 19.4 Å². The number of nitrogens with zero attached hydrogens (tertiary/aromatic N) is 2. The molecule has 17 nitrogen and oxygen atoms in total. The molecule has 0 saturated heterocycles. The molecular weight excluding hydrogens is 562 g/mol. The van der Waals surface area contributed by atoms with Crippen molar-refractivity contribution in [2.75, 3.05) is 44.0 Å². The van der Waals surface area contributed by atoms with Crippen LogP contribution in [0.15, 0.2) is 16.5 Å². The minimum atomic E-state index is -4.00. The van der Waals surface area contributed by atoms with Crippen LogP contribution in [0.5, 0.6) is 11.5 Å². The number of nitrogen functional groups attached to an aromatic ring is 1. The minimum Gasteiger partial charge on any atom is -0.505 e. The molecule has 9 N–H and O–H groups in total. The number of benzene rings is 1. The van der Waals surface area contributed by atoms with Crippen LogP contribution in [0, 0.1) is 0 Å². The van der Waals surface area contributed by atoms with Gasteiger partial charge in [0.25, 0.3) is 15.9 Å². The van der Waals surface area contributed by atoms with Gasteiger partial charge in [0.1, 0.15) is 17.9 Å². The summed E-state index contributed by atoms with van der Waals surface area (Å²) in [5.41, 5.74) is 10.1. The summed E-state index contributed by atoms with van der Waals surface area (Å²) < 4.78 is 37.2. The molecule has 39 heavy (non-hydrogen) atoms. The van der Waals surface area contributed by atoms with Crippen molar-refractivity contribution in [3.05, 3.63) is 17.7 Å². The van der Waals surface area contributed by atoms with Crippen LogP contribution in [-0.4, -0.2) is 80.4 Å². The van der Waals surface area contributed by atoms with Crippen molar-refractivity contribution in [3.63, 3.8) is 0 Å². The Morgan fingerprint density at radius 2 is 1.72 bits per heavy atom. The van der Waals surface area contributed by atoms with Crippen LogP contribution in [-0.2, 0) is 33.9 Å². The molecule has 0 saturated carbocycles. The normalized spacial score (nSPS) is 11.1. The molecule has 214 valence electrons. The van der Waals surface area contributed by atoms with Crippen molar-refractivity contribution in [1.82, 2.24) is 15.5 Å². The third kappa shape index (κ3) is 10.8. The van der Waals surface area contributed by atoms with Gasteiger partial charge in [-0.2, -0.15) is 0 Å². The Kier molecular flexibility index (Phi) is 11.9. The molecule has 0 radical (unpaired) electrons. The summed E-state index contributed by atoms with van der Waals surface area (Å²) in [6.45, 7) is 0.0304. The Balaban J connectivity index is 1.52. The number of nitrogens with one attached hydrogen (secondary N) is 2. The number of ether oxygens (including phenoxy) is 3. The van der Waals surface area contributed by atoms with Crippen LogP contribution >= 0.6 is 11.3 Å². The molecule has 1 aromatic heterocycles. The van der Waals surface area contributed by atoms with Gasteiger partial charge in [0.05, 0.1) is 25.5 Å². The highest BCUT2D eigenvalue weighted by molar-refractivity contribution is 7.91. The minimum absolute atomic E-state index is 0.00266. The number of carbonyl (C=O) groups is 4. The van der Waals surface area contributed by atoms with E-state index in [0.29, 0.717) is 11.3 Å². The number of carbonyl (C=O) groups excluding carboxylic acids is 4. The molecule has 0 spiro atoms. The Hall–Kier alpha value is -3.91. The molecule has 19 heteroatoms. The summed E-state index contributed by atoms with van der Waals surface area (Å²) >= 11 is 0.613. The second-order valence-corrected chi connectivity index (χ2v) is 10.3. The van der Waals surface area contributed by atoms with Crippen molar-refractivity contribution < 1.29 is 46.9 Å². The lowest BCUT2D eigenvalue weighted by atomic mass is 10.1. The molecule has 2 aromatic rings. The van der Waals surface area contributed by atoms with Crippen molar-refractivity contribution in [3.8, 4) is 11.5 Å². The number of aromatic nitrogens is 2. The van der Waals surface area contributed by atoms with Gasteiger partial charge < -0.3 is 41.4 Å². The molecule has 1 heterocycles. The molecule has 0 fully saturated rings. The van der Waals surface area contributed by atoms with E-state index in [9.17, 15) is 32.7 Å². The van der Waals surface area contributed by atoms with Crippen LogP contribution < -0.4 is 32.0 Å². The van der Waals surface area contributed by atoms with E-state index in [0.717, 1.165) is 0 Å². The number of phenols is 1. The molecule has 3 amide bonds. The number of amides is 3. The van der Waals surface area contributed by atoms with Crippen molar-refractivity contribution in [2.45, 2.75) is 23.6 Å². The molecule has 0 aliphatic carbocycles. The quantitative estimate of drug-likeness (QED) is 0.0323. The summed E-state index contributed by atoms with van der Waals surface area (Å²) in [5.74, 6) is -3.49. The van der Waals surface area contributed by atoms with Gasteiger partial charge in [0.2, 0.25) is 21.3 Å². The number of esters is 1. The van der Waals surface area contributed by atoms with Gasteiger partial charge in [0.15, 0.2) is 5.75 Å². The predicted octanol–water partition coefficient (Wildman–Crippen LogP) is -1.56. The van der Waals surface area contributed by atoms with Crippen LogP contribution in [0.2, 0.25) is 0 Å². The SMILES string of the molecule is NC(=O)c1c(OC(=O)COCCOCCNC(=O)CCCC(=O)Nc2nnc(S(N)(=O)=O)s2)ccc(N)c1O. The molecule has 2 rings (SSSR count). The number of hydrogen-bond donors (Lipinski definition) is 6. The molecule has 1 aromatic carbocycles. The predicted molar refractivity (Wildman–Crippen MR) is 135 cm³/mol. The molecule has 0 aliphatic rings. The van der Waals surface area contributed by atoms with Crippen LogP contribution in [0.1, 0.15) is 29.6 Å². The highest BCUT2D eigenvalue weighted by atomic mass is 32.2. The van der Waals surface area contributed by atoms with E-state index in [1.807, 2.05) is 0 Å². The first-order valence-electron chi connectivity index (χ1n) is 11.1. The third-order valence-electron chi connectivity index (χ3n) is 4.51. The fraction of sp³-hybridized carbons (Fsp3) is 0.400. The van der Waals surface area contributed by atoms with E-state index in [4.69, 9.17) is 30.8 Å². The second-order valence-electron chi connectivity index (χ2n) is 7.55. The van der Waals surface area contributed by atoms with E-state index in [2.05, 4.69) is 20.8 Å². The highest BCUT2D eigenvalue weighted by Crippen LogP contribution is 2.32. The smallest absolute Gasteiger partial charge is 0.337 e. The zero-order valence-corrected chi connectivity index (χ0v) is 22.0. The average molecular weight is 590 g/mol. The Bertz CT molecular complexity index is 1300. The molecule has 0 atom stereocenters. The maximum Gasteiger partial charge on any atom is 0.337 e. The molecule has 0 bridgehead atoms. The van der Waals surface area contributed by atoms with Crippen molar-refractivity contribution >= 4 is 55.9 Å². The number of hydrogen-bond acceptors (Lipinski definition) is 14. The zero-order valence-electron chi connectivity index (χ0n) is 20.4. The topological polar surface area (TPSA) is 278 Å². The van der Waals surface area contributed by atoms with E-state index in [1.165, 1.54) is 12.1 Å². The second kappa shape index (κ2) is 14.9. The molecule has 0 unspecified atom stereocenters. The maximum absolute atomic E-state index is 11.9. The highest BCUT2D eigenvalue weighted by Gasteiger charge is 2.20. The maximum atomic E-state index is 11.9. The lowest BCUT2D eigenvalue weighted by Gasteiger charge is -2.11. The number of nitrogens with two attached hydrogens (primary N) is 3. The van der Waals surface area contributed by atoms with E-state index >= 15 is 0 Å². The fourth-order valence-corrected chi connectivity index (χ4v) is 4.11. The lowest BCUT2D eigenvalue weighted by molar-refractivity contribution is -0.140. The lowest BCUT2D eigenvalue weighted by Crippen LogP contribution is -2.27. The zero-order chi connectivity index (χ0) is 29.0. The average Bonchev–Trinajstić information content (AvgIpc) is 3.32. The Labute approximate surface area is 226 Å². The number of rotatable bonds is 16. The largest absolute Gasteiger partial charge is 0.505 e. The Morgan fingerprint density at radius 1 is 1.03 bits per heavy atom. The van der Waals surface area contributed by atoms with E-state index in [-0.39, 0.29) is 68.1 Å². The van der Waals surface area contributed by atoms with Gasteiger partial charge in [-0.1, -0.05) is 11.3 Å². The third-order valence-corrected chi connectivity index (χ3v) is 6.65. The summed E-state index contributed by atoms with van der Waals surface area (Å²) in [4.78, 5) is 47.1. The van der Waals surface area contributed by atoms with E-state index in [1.54, 1.807) is 0 Å². The number of primary amides is 1. The number of primary sulfonamides is 1. The monoisotopic (exact) mass is 589 g/mol. The first-order chi connectivity index (χ1) is 18.4. The summed E-state index contributed by atoms with van der Waals surface area (Å²) in [7, 11) is -4.00. The van der Waals surface area contributed by atoms with Gasteiger partial charge in [-0.3, -0.25) is 14.4 Å². The Morgan fingerprint density at radius 3 is 2.38 bits per heavy atom. The van der Waals surface area contributed by atoms with E-state index < -0.39 is 50.1 Å². The first-order valence-corrected chi connectivity index (χ1v) is 13.4. The first kappa shape index (κ1) is 31.3. The summed E-state index contributed by atoms with van der Waals surface area (Å²) in [6.07, 6.45) is 0.304. The molecular formula is C20H27N7O10S2. The van der Waals surface area contributed by atoms with Crippen molar-refractivity contribution in [2.24, 2.45) is 10.9 Å². The van der Waals surface area contributed by atoms with Crippen LogP contribution in [0.25, 0.3) is 0 Å². The number of anilines is 2. The standard InChI is InChI=1S/C20H27N7O10S2/c21-11-4-5-12(16(17(11)31)18(22)32)37-15(30)10-36-9-8-35-7-6-24-13(28)2-1-3-14(29)25-19-26-27-20(38-19)39(23,33)34/h4-5,31H,1-3,6-10,21H2,(H2,22,32)(H,24,28)(H2,23,33,34)(H,25,26,29). The summed E-state index contributed by atoms with van der Waals surface area (Å²) in [6, 6.07) is 2.46. The van der Waals surface area contributed by atoms with Gasteiger partial charge in [-0.05, 0) is 18.6 Å². The van der Waals surface area contributed by atoms with Gasteiger partial charge >= 0.3 is 5.97 Å². The molecule has 0 aliphatic heterocycles. The number of sulfonamides is 1. The van der Waals surface area contributed by atoms with Crippen LogP contribution in [0.4, 0.5) is 10.8 Å². The van der Waals surface area contributed by atoms with Gasteiger partial charge in [-0.15, -0.1) is 10.2 Å². The number of aromatic hydroxyl groups is 1. The van der Waals surface area contributed by atoms with Crippen molar-refractivity contribution in [1.29, 1.82) is 0 Å². The van der Waals surface area contributed by atoms with Gasteiger partial charge in [-0.25, -0.2) is 18.4 Å². The summed E-state index contributed by atoms with van der Waals surface area (Å²) in [5, 5.41) is 26.6. The van der Waals surface area contributed by atoms with Crippen LogP contribution in [0.3, 0.4) is 0 Å². The fourth-order valence-electron chi connectivity index (χ4n) is 2.76.